The van der Waals surface area contributed by atoms with Gasteiger partial charge < -0.3 is 5.11 Å². The van der Waals surface area contributed by atoms with E-state index >= 15 is 0 Å². The average molecular weight is 264 g/mol. The molecular weight excluding hydrogens is 245 g/mol. The lowest BCUT2D eigenvalue weighted by Crippen LogP contribution is -2.11. The molecule has 104 valence electrons. The van der Waals surface area contributed by atoms with E-state index in [2.05, 4.69) is 6.92 Å². The largest absolute Gasteiger partial charge is 0.478 e. The van der Waals surface area contributed by atoms with Gasteiger partial charge in [-0.1, -0.05) is 44.8 Å². The van der Waals surface area contributed by atoms with Gasteiger partial charge in [0.1, 0.15) is 0 Å². The van der Waals surface area contributed by atoms with Crippen LogP contribution in [0.4, 0.5) is 13.2 Å². The highest BCUT2D eigenvalue weighted by molar-refractivity contribution is 5.81. The normalized spacial score (nSPS) is 13.2. The molecule has 0 saturated heterocycles. The number of allylic oxidation sites excluding steroid dienone is 3. The topological polar surface area (TPSA) is 37.3 Å². The second-order valence-corrected chi connectivity index (χ2v) is 4.04. The summed E-state index contributed by atoms with van der Waals surface area (Å²) < 4.78 is 37.1. The van der Waals surface area contributed by atoms with E-state index in [0.717, 1.165) is 38.2 Å². The number of hydrogen-bond donors (Lipinski definition) is 1. The molecule has 0 amide bonds. The first-order valence-electron chi connectivity index (χ1n) is 6.06. The molecule has 0 aromatic carbocycles. The lowest BCUT2D eigenvalue weighted by Gasteiger charge is -2.06. The third-order valence-corrected chi connectivity index (χ3v) is 2.38. The number of aliphatic carboxylic acids is 1. The molecule has 0 heterocycles. The second-order valence-electron chi connectivity index (χ2n) is 4.04. The van der Waals surface area contributed by atoms with Crippen molar-refractivity contribution in [3.05, 3.63) is 23.8 Å². The van der Waals surface area contributed by atoms with Gasteiger partial charge in [0.2, 0.25) is 0 Å². The standard InChI is InChI=1S/C13H19F3O2/c1-2-3-4-5-6-7-8-9-11(10-12(17)18)13(14,15)16/h8-10H,2-7H2,1H3,(H,17,18)/b9-8+,11-10+. The predicted octanol–water partition coefficient (Wildman–Crippen LogP) is 4.48. The van der Waals surface area contributed by atoms with Crippen LogP contribution in [-0.4, -0.2) is 17.3 Å². The molecule has 0 rings (SSSR count). The Morgan fingerprint density at radius 2 is 1.78 bits per heavy atom. The number of unbranched alkanes of at least 4 members (excludes halogenated alkanes) is 5. The number of carboxylic acid groups (broad SMARTS) is 1. The molecular formula is C13H19F3O2. The van der Waals surface area contributed by atoms with Gasteiger partial charge in [0.05, 0.1) is 5.57 Å². The maximum Gasteiger partial charge on any atom is 0.416 e. The minimum absolute atomic E-state index is 0.188. The van der Waals surface area contributed by atoms with Crippen molar-refractivity contribution < 1.29 is 23.1 Å². The molecule has 0 unspecified atom stereocenters. The number of carbonyl (C=O) groups is 1. The fourth-order valence-electron chi connectivity index (χ4n) is 1.43. The average Bonchev–Trinajstić information content (AvgIpc) is 2.24. The van der Waals surface area contributed by atoms with E-state index in [1.54, 1.807) is 0 Å². The van der Waals surface area contributed by atoms with Gasteiger partial charge in [0, 0.05) is 6.08 Å². The maximum atomic E-state index is 12.4. The van der Waals surface area contributed by atoms with Gasteiger partial charge in [-0.15, -0.1) is 0 Å². The Kier molecular flexibility index (Phi) is 8.16. The predicted molar refractivity (Wildman–Crippen MR) is 64.3 cm³/mol. The summed E-state index contributed by atoms with van der Waals surface area (Å²) in [6.07, 6.45) is 3.49. The van der Waals surface area contributed by atoms with Crippen molar-refractivity contribution in [2.75, 3.05) is 0 Å². The summed E-state index contributed by atoms with van der Waals surface area (Å²) in [7, 11) is 0. The highest BCUT2D eigenvalue weighted by atomic mass is 19.4. The molecule has 0 bridgehead atoms. The highest BCUT2D eigenvalue weighted by Gasteiger charge is 2.32. The van der Waals surface area contributed by atoms with Crippen LogP contribution in [0, 0.1) is 0 Å². The Balaban J connectivity index is 4.15. The number of alkyl halides is 3. The summed E-state index contributed by atoms with van der Waals surface area (Å²) in [5, 5.41) is 8.34. The molecule has 0 atom stereocenters. The number of halogens is 3. The smallest absolute Gasteiger partial charge is 0.416 e. The van der Waals surface area contributed by atoms with Gasteiger partial charge in [0.15, 0.2) is 0 Å². The monoisotopic (exact) mass is 264 g/mol. The molecule has 0 aromatic heterocycles. The summed E-state index contributed by atoms with van der Waals surface area (Å²) in [5.41, 5.74) is -1.12. The van der Waals surface area contributed by atoms with Crippen molar-refractivity contribution in [3.8, 4) is 0 Å². The van der Waals surface area contributed by atoms with E-state index in [1.807, 2.05) is 0 Å². The molecule has 0 aliphatic carbocycles. The highest BCUT2D eigenvalue weighted by Crippen LogP contribution is 2.26. The minimum atomic E-state index is -4.61. The fourth-order valence-corrected chi connectivity index (χ4v) is 1.43. The van der Waals surface area contributed by atoms with Crippen LogP contribution < -0.4 is 0 Å². The van der Waals surface area contributed by atoms with Crippen molar-refractivity contribution in [3.63, 3.8) is 0 Å². The van der Waals surface area contributed by atoms with Gasteiger partial charge >= 0.3 is 12.1 Å². The van der Waals surface area contributed by atoms with Crippen LogP contribution >= 0.6 is 0 Å². The molecule has 2 nitrogen and oxygen atoms in total. The van der Waals surface area contributed by atoms with Crippen molar-refractivity contribution in [1.82, 2.24) is 0 Å². The van der Waals surface area contributed by atoms with Crippen molar-refractivity contribution in [2.24, 2.45) is 0 Å². The fraction of sp³-hybridized carbons (Fsp3) is 0.615. The Morgan fingerprint density at radius 3 is 2.28 bits per heavy atom. The third kappa shape index (κ3) is 8.84. The summed E-state index contributed by atoms with van der Waals surface area (Å²) in [5.74, 6) is -1.59. The SMILES string of the molecule is CCCCCCC/C=C/C(=C\C(=O)O)C(F)(F)F. The van der Waals surface area contributed by atoms with Crippen LogP contribution in [0.15, 0.2) is 23.8 Å². The van der Waals surface area contributed by atoms with E-state index < -0.39 is 17.7 Å². The Morgan fingerprint density at radius 1 is 1.17 bits per heavy atom. The number of carboxylic acids is 1. The molecule has 0 aliphatic rings. The Labute approximate surface area is 105 Å². The van der Waals surface area contributed by atoms with Crippen LogP contribution in [-0.2, 0) is 4.79 Å². The first kappa shape index (κ1) is 16.7. The van der Waals surface area contributed by atoms with Crippen LogP contribution in [0.3, 0.4) is 0 Å². The minimum Gasteiger partial charge on any atom is -0.478 e. The summed E-state index contributed by atoms with van der Waals surface area (Å²) in [6.45, 7) is 2.09. The zero-order chi connectivity index (χ0) is 14.0. The van der Waals surface area contributed by atoms with Gasteiger partial charge in [-0.25, -0.2) is 4.79 Å². The van der Waals surface area contributed by atoms with Crippen LogP contribution in [0.25, 0.3) is 0 Å². The molecule has 0 fully saturated rings. The second kappa shape index (κ2) is 8.78. The molecule has 0 saturated carbocycles. The summed E-state index contributed by atoms with van der Waals surface area (Å²) in [6, 6.07) is 0. The number of rotatable bonds is 8. The van der Waals surface area contributed by atoms with Crippen molar-refractivity contribution in [2.45, 2.75) is 51.6 Å². The summed E-state index contributed by atoms with van der Waals surface area (Å²) >= 11 is 0. The third-order valence-electron chi connectivity index (χ3n) is 2.38. The Hall–Kier alpha value is -1.26. The zero-order valence-corrected chi connectivity index (χ0v) is 10.5. The molecule has 0 spiro atoms. The quantitative estimate of drug-likeness (QED) is 0.399. The maximum absolute atomic E-state index is 12.4. The van der Waals surface area contributed by atoms with Gasteiger partial charge in [-0.2, -0.15) is 13.2 Å². The van der Waals surface area contributed by atoms with E-state index in [0.29, 0.717) is 6.42 Å². The van der Waals surface area contributed by atoms with Crippen molar-refractivity contribution in [1.29, 1.82) is 0 Å². The lowest BCUT2D eigenvalue weighted by molar-refractivity contribution is -0.132. The van der Waals surface area contributed by atoms with E-state index in [1.165, 1.54) is 6.08 Å². The molecule has 1 N–H and O–H groups in total. The molecule has 0 radical (unpaired) electrons. The summed E-state index contributed by atoms with van der Waals surface area (Å²) in [4.78, 5) is 10.3. The van der Waals surface area contributed by atoms with E-state index in [9.17, 15) is 18.0 Å². The molecule has 5 heteroatoms. The molecule has 0 aromatic rings. The van der Waals surface area contributed by atoms with Gasteiger partial charge in [0.25, 0.3) is 0 Å². The van der Waals surface area contributed by atoms with Crippen LogP contribution in [0.2, 0.25) is 0 Å². The zero-order valence-electron chi connectivity index (χ0n) is 10.5. The molecule has 18 heavy (non-hydrogen) atoms. The lowest BCUT2D eigenvalue weighted by atomic mass is 10.1. The van der Waals surface area contributed by atoms with Crippen molar-refractivity contribution >= 4 is 5.97 Å². The van der Waals surface area contributed by atoms with Crippen LogP contribution in [0.5, 0.6) is 0 Å². The van der Waals surface area contributed by atoms with Gasteiger partial charge in [-0.3, -0.25) is 0 Å². The van der Waals surface area contributed by atoms with Crippen LogP contribution in [0.1, 0.15) is 45.4 Å². The Bertz CT molecular complexity index is 304. The van der Waals surface area contributed by atoms with E-state index in [-0.39, 0.29) is 6.08 Å². The van der Waals surface area contributed by atoms with Gasteiger partial charge in [-0.05, 0) is 12.8 Å². The number of hydrogen-bond acceptors (Lipinski definition) is 1. The van der Waals surface area contributed by atoms with E-state index in [4.69, 9.17) is 5.11 Å². The molecule has 0 aliphatic heterocycles. The first-order chi connectivity index (χ1) is 8.38. The first-order valence-corrected chi connectivity index (χ1v) is 6.06.